The molecule has 2 aliphatic heterocycles. The monoisotopic (exact) mass is 600 g/mol. The van der Waals surface area contributed by atoms with Crippen molar-refractivity contribution in [2.75, 3.05) is 4.90 Å². The van der Waals surface area contributed by atoms with Gasteiger partial charge in [-0.25, -0.2) is 0 Å². The highest BCUT2D eigenvalue weighted by atomic mass is 16.5. The van der Waals surface area contributed by atoms with Crippen molar-refractivity contribution in [2.24, 2.45) is 0 Å². The van der Waals surface area contributed by atoms with Crippen LogP contribution in [0.15, 0.2) is 103 Å². The van der Waals surface area contributed by atoms with Crippen LogP contribution in [-0.4, -0.2) is 11.3 Å². The Morgan fingerprint density at radius 3 is 1.80 bits per heavy atom. The molecule has 1 aromatic heterocycles. The number of para-hydroxylation sites is 2. The molecule has 3 heterocycles. The first-order chi connectivity index (χ1) is 21.9. The van der Waals surface area contributed by atoms with Gasteiger partial charge in [-0.2, -0.15) is 0 Å². The summed E-state index contributed by atoms with van der Waals surface area (Å²) in [5.41, 5.74) is 15.0. The molecule has 228 valence electrons. The molecule has 0 radical (unpaired) electrons. The fraction of sp³-hybridized carbons (Fsp3) is 0.238. The number of hydrogen-bond acceptors (Lipinski definition) is 2. The number of ether oxygens (including phenoxy) is 1. The first kappa shape index (κ1) is 28.8. The van der Waals surface area contributed by atoms with Gasteiger partial charge in [0.05, 0.1) is 5.69 Å². The molecular formula is C42H41BN2O. The molecule has 0 saturated carbocycles. The normalized spacial score (nSPS) is 13.3. The third-order valence-corrected chi connectivity index (χ3v) is 10.2. The van der Waals surface area contributed by atoms with Crippen LogP contribution in [-0.2, 0) is 10.8 Å². The number of aromatic nitrogens is 1. The van der Waals surface area contributed by atoms with Gasteiger partial charge >= 0.3 is 0 Å². The summed E-state index contributed by atoms with van der Waals surface area (Å²) in [5, 5.41) is 1.32. The van der Waals surface area contributed by atoms with E-state index in [1.807, 2.05) is 0 Å². The third-order valence-electron chi connectivity index (χ3n) is 10.2. The molecule has 0 bridgehead atoms. The largest absolute Gasteiger partial charge is 0.458 e. The molecule has 8 rings (SSSR count). The van der Waals surface area contributed by atoms with E-state index in [1.54, 1.807) is 0 Å². The van der Waals surface area contributed by atoms with Crippen molar-refractivity contribution in [3.8, 4) is 17.2 Å². The van der Waals surface area contributed by atoms with Gasteiger partial charge in [-0.3, -0.25) is 0 Å². The summed E-state index contributed by atoms with van der Waals surface area (Å²) in [5.74, 6) is 1.86. The van der Waals surface area contributed by atoms with E-state index in [-0.39, 0.29) is 17.5 Å². The van der Waals surface area contributed by atoms with Gasteiger partial charge in [-0.15, -0.1) is 0 Å². The van der Waals surface area contributed by atoms with Crippen molar-refractivity contribution in [2.45, 2.75) is 66.2 Å². The molecule has 0 atom stereocenters. The lowest BCUT2D eigenvalue weighted by molar-refractivity contribution is 0.487. The first-order valence-corrected chi connectivity index (χ1v) is 16.5. The highest BCUT2D eigenvalue weighted by molar-refractivity contribution is 6.99. The van der Waals surface area contributed by atoms with Gasteiger partial charge in [0.2, 0.25) is 0 Å². The predicted molar refractivity (Wildman–Crippen MR) is 196 cm³/mol. The van der Waals surface area contributed by atoms with E-state index in [0.717, 1.165) is 28.6 Å². The van der Waals surface area contributed by atoms with Crippen LogP contribution in [0.25, 0.3) is 16.6 Å². The summed E-state index contributed by atoms with van der Waals surface area (Å²) in [6.45, 7) is 18.2. The van der Waals surface area contributed by atoms with Crippen molar-refractivity contribution in [1.29, 1.82) is 0 Å². The molecule has 0 fully saturated rings. The lowest BCUT2D eigenvalue weighted by Crippen LogP contribution is -2.58. The summed E-state index contributed by atoms with van der Waals surface area (Å²) < 4.78 is 9.32. The van der Waals surface area contributed by atoms with E-state index in [4.69, 9.17) is 4.74 Å². The lowest BCUT2D eigenvalue weighted by atomic mass is 9.34. The van der Waals surface area contributed by atoms with Gasteiger partial charge in [-0.1, -0.05) is 102 Å². The van der Waals surface area contributed by atoms with Gasteiger partial charge < -0.3 is 14.2 Å². The molecule has 0 spiro atoms. The average Bonchev–Trinajstić information content (AvgIpc) is 3.29. The molecule has 0 saturated heterocycles. The summed E-state index contributed by atoms with van der Waals surface area (Å²) in [4.78, 5) is 2.39. The summed E-state index contributed by atoms with van der Waals surface area (Å²) in [7, 11) is 0. The second-order valence-electron chi connectivity index (χ2n) is 15.2. The smallest absolute Gasteiger partial charge is 0.256 e. The minimum Gasteiger partial charge on any atom is -0.458 e. The Balaban J connectivity index is 1.41. The number of anilines is 3. The minimum atomic E-state index is 0.0759. The first-order valence-electron chi connectivity index (χ1n) is 16.5. The van der Waals surface area contributed by atoms with E-state index in [9.17, 15) is 0 Å². The number of fused-ring (bicyclic) bond motifs is 4. The zero-order chi connectivity index (χ0) is 32.1. The predicted octanol–water partition coefficient (Wildman–Crippen LogP) is 9.25. The van der Waals surface area contributed by atoms with Crippen molar-refractivity contribution in [3.63, 3.8) is 0 Å². The zero-order valence-electron chi connectivity index (χ0n) is 28.2. The second-order valence-corrected chi connectivity index (χ2v) is 15.2. The van der Waals surface area contributed by atoms with E-state index in [0.29, 0.717) is 0 Å². The number of nitrogens with zero attached hydrogens (tertiary/aromatic N) is 2. The number of aryl methyl sites for hydroxylation is 1. The molecule has 0 amide bonds. The van der Waals surface area contributed by atoms with Crippen LogP contribution >= 0.6 is 0 Å². The Kier molecular flexibility index (Phi) is 6.19. The van der Waals surface area contributed by atoms with Crippen LogP contribution in [0.1, 0.15) is 63.9 Å². The molecule has 0 aliphatic carbocycles. The van der Waals surface area contributed by atoms with Crippen LogP contribution in [0.4, 0.5) is 17.1 Å². The van der Waals surface area contributed by atoms with Gasteiger partial charge in [0, 0.05) is 39.7 Å². The number of benzene rings is 5. The minimum absolute atomic E-state index is 0.0759. The van der Waals surface area contributed by atoms with Crippen molar-refractivity contribution < 1.29 is 4.74 Å². The summed E-state index contributed by atoms with van der Waals surface area (Å²) in [6.07, 6.45) is 0. The van der Waals surface area contributed by atoms with Crippen LogP contribution in [0.5, 0.6) is 11.5 Å². The quantitative estimate of drug-likeness (QED) is 0.188. The van der Waals surface area contributed by atoms with Crippen molar-refractivity contribution in [3.05, 3.63) is 126 Å². The molecule has 46 heavy (non-hydrogen) atoms. The van der Waals surface area contributed by atoms with Crippen LogP contribution < -0.4 is 26.0 Å². The van der Waals surface area contributed by atoms with E-state index < -0.39 is 0 Å². The maximum Gasteiger partial charge on any atom is 0.256 e. The molecule has 0 unspecified atom stereocenters. The molecular weight excluding hydrogens is 559 g/mol. The lowest BCUT2D eigenvalue weighted by Gasteiger charge is -2.35. The fourth-order valence-electron chi connectivity index (χ4n) is 7.54. The summed E-state index contributed by atoms with van der Waals surface area (Å²) in [6, 6.07) is 38.2. The number of hydrogen-bond donors (Lipinski definition) is 0. The average molecular weight is 601 g/mol. The van der Waals surface area contributed by atoms with Crippen LogP contribution in [0.2, 0.25) is 0 Å². The number of rotatable bonds is 3. The van der Waals surface area contributed by atoms with Gasteiger partial charge in [0.25, 0.3) is 6.71 Å². The Hall–Kier alpha value is -4.70. The van der Waals surface area contributed by atoms with E-state index in [2.05, 4.69) is 168 Å². The Labute approximate surface area is 273 Å². The maximum absolute atomic E-state index is 6.83. The topological polar surface area (TPSA) is 17.4 Å². The molecule has 3 nitrogen and oxygen atoms in total. The van der Waals surface area contributed by atoms with E-state index in [1.165, 1.54) is 55.4 Å². The fourth-order valence-corrected chi connectivity index (χ4v) is 7.54. The Morgan fingerprint density at radius 1 is 0.609 bits per heavy atom. The standard InChI is InChI=1S/C42H41BN2O/c1-26-27(2)44-36-24-32(25-38-39(36)43(34-13-9-10-15-37(34)46-38)35-14-11-12-33(26)40(35)44)45(30-20-16-28(17-21-30)41(3,4)5)31-22-18-29(19-23-31)42(6,7)8/h9-25H,1-8H3. The third kappa shape index (κ3) is 4.26. The zero-order valence-corrected chi connectivity index (χ0v) is 28.2. The molecule has 6 aromatic rings. The second kappa shape index (κ2) is 9.90. The van der Waals surface area contributed by atoms with Crippen molar-refractivity contribution in [1.82, 2.24) is 4.57 Å². The summed E-state index contributed by atoms with van der Waals surface area (Å²) >= 11 is 0. The van der Waals surface area contributed by atoms with Gasteiger partial charge in [-0.05, 0) is 94.2 Å². The molecule has 2 aliphatic rings. The molecule has 0 N–H and O–H groups in total. The van der Waals surface area contributed by atoms with Crippen LogP contribution in [0.3, 0.4) is 0 Å². The highest BCUT2D eigenvalue weighted by Gasteiger charge is 2.41. The Bertz CT molecular complexity index is 2100. The molecule has 4 heteroatoms. The SMILES string of the molecule is Cc1c(C)n2c3c(cccc13)B1c3ccccc3Oc3cc(N(c4ccc(C(C)(C)C)cc4)c4ccc(C(C)(C)C)cc4)cc-2c31. The van der Waals surface area contributed by atoms with Crippen molar-refractivity contribution >= 4 is 51.1 Å². The maximum atomic E-state index is 6.83. The van der Waals surface area contributed by atoms with Gasteiger partial charge in [0.15, 0.2) is 0 Å². The van der Waals surface area contributed by atoms with E-state index >= 15 is 0 Å². The van der Waals surface area contributed by atoms with Crippen LogP contribution in [0, 0.1) is 13.8 Å². The van der Waals surface area contributed by atoms with Gasteiger partial charge in [0.1, 0.15) is 11.5 Å². The Morgan fingerprint density at radius 2 is 1.20 bits per heavy atom. The molecule has 5 aromatic carbocycles. The highest BCUT2D eigenvalue weighted by Crippen LogP contribution is 2.42.